The molecule has 0 N–H and O–H groups in total. The van der Waals surface area contributed by atoms with Crippen LogP contribution in [0.5, 0.6) is 0 Å². The smallest absolute Gasteiger partial charge is 0.431 e. The van der Waals surface area contributed by atoms with Crippen LogP contribution in [0, 0.1) is 10.1 Å². The molecule has 0 amide bonds. The Hall–Kier alpha value is -2.71. The van der Waals surface area contributed by atoms with Gasteiger partial charge in [0.1, 0.15) is 6.10 Å². The fraction of sp³-hybridized carbons (Fsp3) is 0.533. The number of Topliss-reactive ketones (excluding diaryl/α,β-unsaturated/α-hetero) is 1. The first-order valence-electron chi connectivity index (χ1n) is 7.55. The van der Waals surface area contributed by atoms with Gasteiger partial charge >= 0.3 is 6.16 Å². The predicted molar refractivity (Wildman–Crippen MR) is 80.5 cm³/mol. The second-order valence-corrected chi connectivity index (χ2v) is 5.05. The highest BCUT2D eigenvalue weighted by Gasteiger charge is 2.14. The van der Waals surface area contributed by atoms with Crippen molar-refractivity contribution in [1.29, 1.82) is 0 Å². The second-order valence-electron chi connectivity index (χ2n) is 5.05. The Morgan fingerprint density at radius 1 is 1.42 bits per heavy atom. The standard InChI is InChI=1S/C15H21N2O7/c1-3-12(2)24-15(19)22-11-16-8-4-6-13(10-16)14(18)7-5-9-23-17(20)21/h4,6,8,10,12H,3,5,7,9,11H2,1-2H3/q+1/t12-/m0/s1. The number of ketones is 1. The molecule has 0 aliphatic heterocycles. The minimum Gasteiger partial charge on any atom is -0.431 e. The highest BCUT2D eigenvalue weighted by molar-refractivity contribution is 5.95. The third kappa shape index (κ3) is 7.52. The molecule has 0 bridgehead atoms. The van der Waals surface area contributed by atoms with Crippen molar-refractivity contribution in [3.63, 3.8) is 0 Å². The summed E-state index contributed by atoms with van der Waals surface area (Å²) in [6, 6.07) is 3.26. The minimum absolute atomic E-state index is 0.0825. The van der Waals surface area contributed by atoms with Crippen LogP contribution in [0.2, 0.25) is 0 Å². The van der Waals surface area contributed by atoms with Gasteiger partial charge in [0.05, 0.1) is 12.2 Å². The molecule has 9 heteroatoms. The normalized spacial score (nSPS) is 11.4. The average molecular weight is 341 g/mol. The fourth-order valence-electron chi connectivity index (χ4n) is 1.69. The van der Waals surface area contributed by atoms with E-state index in [1.165, 1.54) is 10.8 Å². The maximum absolute atomic E-state index is 12.0. The number of carbonyl (C=O) groups is 2. The number of nitrogens with zero attached hydrogens (tertiary/aromatic N) is 2. The Morgan fingerprint density at radius 2 is 2.17 bits per heavy atom. The van der Waals surface area contributed by atoms with Gasteiger partial charge in [0, 0.05) is 12.5 Å². The van der Waals surface area contributed by atoms with Crippen molar-refractivity contribution in [2.75, 3.05) is 6.61 Å². The summed E-state index contributed by atoms with van der Waals surface area (Å²) in [5, 5.41) is 9.12. The van der Waals surface area contributed by atoms with Crippen molar-refractivity contribution in [3.8, 4) is 0 Å². The molecule has 1 atom stereocenters. The van der Waals surface area contributed by atoms with Gasteiger partial charge in [0.2, 0.25) is 0 Å². The van der Waals surface area contributed by atoms with Gasteiger partial charge < -0.3 is 14.3 Å². The zero-order valence-corrected chi connectivity index (χ0v) is 13.7. The van der Waals surface area contributed by atoms with Crippen LogP contribution in [0.3, 0.4) is 0 Å². The van der Waals surface area contributed by atoms with Crippen molar-refractivity contribution < 1.29 is 33.6 Å². The van der Waals surface area contributed by atoms with E-state index in [-0.39, 0.29) is 38.1 Å². The van der Waals surface area contributed by atoms with Gasteiger partial charge in [-0.1, -0.05) is 6.92 Å². The molecule has 0 saturated heterocycles. The largest absolute Gasteiger partial charge is 0.513 e. The molecule has 0 spiro atoms. The molecule has 9 nitrogen and oxygen atoms in total. The highest BCUT2D eigenvalue weighted by atomic mass is 16.9. The molecule has 1 aromatic rings. The third-order valence-corrected chi connectivity index (χ3v) is 3.13. The molecule has 1 rings (SSSR count). The lowest BCUT2D eigenvalue weighted by molar-refractivity contribution is -0.757. The number of aromatic nitrogens is 1. The number of carbonyl (C=O) groups excluding carboxylic acids is 2. The number of ether oxygens (including phenoxy) is 2. The van der Waals surface area contributed by atoms with E-state index in [1.54, 1.807) is 25.3 Å². The second kappa shape index (κ2) is 10.1. The van der Waals surface area contributed by atoms with Crippen LogP contribution in [0.1, 0.15) is 43.5 Å². The Bertz CT molecular complexity index is 577. The van der Waals surface area contributed by atoms with E-state index in [9.17, 15) is 19.7 Å². The summed E-state index contributed by atoms with van der Waals surface area (Å²) in [5.41, 5.74) is 0.414. The molecule has 0 aliphatic carbocycles. The van der Waals surface area contributed by atoms with Gasteiger partial charge in [0.15, 0.2) is 18.2 Å². The Labute approximate surface area is 139 Å². The third-order valence-electron chi connectivity index (χ3n) is 3.13. The summed E-state index contributed by atoms with van der Waals surface area (Å²) >= 11 is 0. The number of rotatable bonds is 10. The molecular weight excluding hydrogens is 320 g/mol. The van der Waals surface area contributed by atoms with E-state index in [0.717, 1.165) is 0 Å². The van der Waals surface area contributed by atoms with Gasteiger partial charge in [-0.3, -0.25) is 4.79 Å². The molecule has 0 radical (unpaired) electrons. The molecule has 0 fully saturated rings. The fourth-order valence-corrected chi connectivity index (χ4v) is 1.69. The molecule has 0 aromatic carbocycles. The molecule has 132 valence electrons. The van der Waals surface area contributed by atoms with Gasteiger partial charge in [0.25, 0.3) is 11.8 Å². The maximum atomic E-state index is 12.0. The van der Waals surface area contributed by atoms with Crippen molar-refractivity contribution in [2.45, 2.75) is 45.9 Å². The van der Waals surface area contributed by atoms with E-state index in [2.05, 4.69) is 4.84 Å². The monoisotopic (exact) mass is 341 g/mol. The Balaban J connectivity index is 2.46. The van der Waals surface area contributed by atoms with Crippen LogP contribution in [0.25, 0.3) is 0 Å². The first-order valence-corrected chi connectivity index (χ1v) is 7.55. The van der Waals surface area contributed by atoms with E-state index in [4.69, 9.17) is 9.47 Å². The van der Waals surface area contributed by atoms with Crippen molar-refractivity contribution >= 4 is 11.9 Å². The molecular formula is C15H21N2O7+. The van der Waals surface area contributed by atoms with Gasteiger partial charge in [-0.25, -0.2) is 4.79 Å². The summed E-state index contributed by atoms with van der Waals surface area (Å²) < 4.78 is 11.5. The molecule has 0 saturated carbocycles. The van der Waals surface area contributed by atoms with Crippen LogP contribution in [0.4, 0.5) is 4.79 Å². The average Bonchev–Trinajstić information content (AvgIpc) is 2.56. The topological polar surface area (TPSA) is 109 Å². The molecule has 1 aromatic heterocycles. The SMILES string of the molecule is CC[C@H](C)OC(=O)OC[n+]1cccc(C(=O)CCCO[N+](=O)[O-])c1. The van der Waals surface area contributed by atoms with E-state index in [0.29, 0.717) is 12.0 Å². The van der Waals surface area contributed by atoms with E-state index >= 15 is 0 Å². The lowest BCUT2D eigenvalue weighted by Crippen LogP contribution is -2.36. The van der Waals surface area contributed by atoms with Gasteiger partial charge in [-0.15, -0.1) is 10.1 Å². The summed E-state index contributed by atoms with van der Waals surface area (Å²) in [6.07, 6.45) is 3.23. The minimum atomic E-state index is -0.892. The number of hydrogen-bond donors (Lipinski definition) is 0. The van der Waals surface area contributed by atoms with Gasteiger partial charge in [-0.05, 0) is 25.8 Å². The Kier molecular flexibility index (Phi) is 8.17. The quantitative estimate of drug-likeness (QED) is 0.160. The van der Waals surface area contributed by atoms with Crippen molar-refractivity contribution in [1.82, 2.24) is 0 Å². The van der Waals surface area contributed by atoms with Crippen LogP contribution in [0.15, 0.2) is 24.5 Å². The first kappa shape index (κ1) is 19.3. The maximum Gasteiger partial charge on any atom is 0.513 e. The van der Waals surface area contributed by atoms with Crippen LogP contribution >= 0.6 is 0 Å². The lowest BCUT2D eigenvalue weighted by atomic mass is 10.1. The highest BCUT2D eigenvalue weighted by Crippen LogP contribution is 2.04. The molecule has 0 unspecified atom stereocenters. The predicted octanol–water partition coefficient (Wildman–Crippen LogP) is 2.05. The van der Waals surface area contributed by atoms with Crippen molar-refractivity contribution in [2.24, 2.45) is 0 Å². The van der Waals surface area contributed by atoms with Crippen LogP contribution in [-0.4, -0.2) is 29.7 Å². The van der Waals surface area contributed by atoms with E-state index in [1.807, 2.05) is 6.92 Å². The zero-order valence-electron chi connectivity index (χ0n) is 13.7. The Morgan fingerprint density at radius 3 is 2.83 bits per heavy atom. The molecule has 1 heterocycles. The van der Waals surface area contributed by atoms with Gasteiger partial charge in [-0.2, -0.15) is 4.57 Å². The van der Waals surface area contributed by atoms with Crippen LogP contribution < -0.4 is 4.57 Å². The van der Waals surface area contributed by atoms with E-state index < -0.39 is 11.2 Å². The summed E-state index contributed by atoms with van der Waals surface area (Å²) in [6.45, 7) is 3.44. The first-order chi connectivity index (χ1) is 11.4. The summed E-state index contributed by atoms with van der Waals surface area (Å²) in [4.78, 5) is 37.6. The molecule has 0 aliphatic rings. The van der Waals surface area contributed by atoms with Crippen molar-refractivity contribution in [3.05, 3.63) is 40.2 Å². The number of pyridine rings is 1. The summed E-state index contributed by atoms with van der Waals surface area (Å²) in [5.74, 6) is -0.182. The summed E-state index contributed by atoms with van der Waals surface area (Å²) in [7, 11) is 0. The zero-order chi connectivity index (χ0) is 17.9. The van der Waals surface area contributed by atoms with Crippen LogP contribution in [-0.2, 0) is 21.0 Å². The number of hydrogen-bond acceptors (Lipinski definition) is 7. The molecule has 24 heavy (non-hydrogen) atoms. The lowest BCUT2D eigenvalue weighted by Gasteiger charge is -2.09.